The maximum atomic E-state index is 14.3. The van der Waals surface area contributed by atoms with Gasteiger partial charge in [0.15, 0.2) is 23.0 Å². The quantitative estimate of drug-likeness (QED) is 0.0132. The van der Waals surface area contributed by atoms with Crippen molar-refractivity contribution in [2.45, 2.75) is 51.4 Å². The Labute approximate surface area is 469 Å². The van der Waals surface area contributed by atoms with Crippen LogP contribution in [0.2, 0.25) is 0 Å². The first-order valence-corrected chi connectivity index (χ1v) is 27.0. The fourth-order valence-electron chi connectivity index (χ4n) is 9.28. The van der Waals surface area contributed by atoms with Gasteiger partial charge in [-0.25, -0.2) is 24.0 Å². The molecule has 5 aromatic carbocycles. The molecule has 0 N–H and O–H groups in total. The third kappa shape index (κ3) is 13.1. The minimum atomic E-state index is -0.754. The van der Waals surface area contributed by atoms with Crippen LogP contribution in [0.25, 0.3) is 20.2 Å². The van der Waals surface area contributed by atoms with Crippen molar-refractivity contribution in [2.75, 3.05) is 20.4 Å². The Hall–Kier alpha value is -9.28. The van der Waals surface area contributed by atoms with Gasteiger partial charge in [-0.3, -0.25) is 19.2 Å². The molecule has 81 heavy (non-hydrogen) atoms. The van der Waals surface area contributed by atoms with Crippen LogP contribution in [0, 0.1) is 23.7 Å². The molecule has 1 aromatic heterocycles. The Bertz CT molecular complexity index is 3560. The summed E-state index contributed by atoms with van der Waals surface area (Å²) in [4.78, 5) is 118. The first-order valence-electron chi connectivity index (χ1n) is 25.4. The number of carbonyl (C=O) groups excluding carboxylic acids is 9. The zero-order valence-electron chi connectivity index (χ0n) is 43.1. The number of imide groups is 1. The Morgan fingerprint density at radius 3 is 1.27 bits per heavy atom. The van der Waals surface area contributed by atoms with Crippen LogP contribution in [0.5, 0.6) is 40.2 Å². The highest BCUT2D eigenvalue weighted by Crippen LogP contribution is 2.47. The van der Waals surface area contributed by atoms with E-state index in [1.165, 1.54) is 18.2 Å². The van der Waals surface area contributed by atoms with Gasteiger partial charge in [-0.05, 0) is 99.9 Å². The molecule has 9 rings (SSSR count). The van der Waals surface area contributed by atoms with E-state index < -0.39 is 90.9 Å². The predicted octanol–water partition coefficient (Wildman–Crippen LogP) is 8.71. The molecule has 2 aliphatic carbocycles. The molecule has 1 aliphatic heterocycles. The fraction of sp³-hybridized carbons (Fsp3) is 0.254. The van der Waals surface area contributed by atoms with Crippen molar-refractivity contribution in [1.82, 2.24) is 4.58 Å². The van der Waals surface area contributed by atoms with E-state index in [-0.39, 0.29) is 82.1 Å². The molecule has 6 aromatic rings. The standard InChI is InChI=1S/C59H50NO19S2/c1-4-46(61)73-30-70-37-23-25-38(26-24-37)76-55(66)33-15-19-35(20-16-33)57(68)78-49-40-11-7-8-12-41(40)50(52-51(49)80-59(81-52)60-53(64)42-13-9-10-14-43(42)54(60)65)79-58(69)36-21-17-34(18-22-36)56(67)77-39-27-28-44(71-31-74-47(62)5-2)45(29-39)72-32-75-48(63)6-3/h4-14,23-29,33-36H,1-3,15-22,30-32H2/q+1. The molecule has 2 saturated carbocycles. The Morgan fingerprint density at radius 1 is 0.457 bits per heavy atom. The van der Waals surface area contributed by atoms with Crippen LogP contribution >= 0.6 is 22.7 Å². The predicted molar refractivity (Wildman–Crippen MR) is 289 cm³/mol. The molecule has 2 fully saturated rings. The summed E-state index contributed by atoms with van der Waals surface area (Å²) >= 11 is 2.08. The van der Waals surface area contributed by atoms with Crippen molar-refractivity contribution in [1.29, 1.82) is 0 Å². The van der Waals surface area contributed by atoms with E-state index >= 15 is 0 Å². The van der Waals surface area contributed by atoms with Gasteiger partial charge >= 0.3 is 57.6 Å². The summed E-state index contributed by atoms with van der Waals surface area (Å²) in [5, 5.41) is 0.837. The van der Waals surface area contributed by atoms with Gasteiger partial charge in [0.2, 0.25) is 20.4 Å². The maximum Gasteiger partial charge on any atom is 0.430 e. The molecule has 2 heterocycles. The number of nitrogens with zero attached hydrogens (tertiary/aromatic N) is 1. The number of hydrogen-bond donors (Lipinski definition) is 0. The lowest BCUT2D eigenvalue weighted by Crippen LogP contribution is -2.31. The summed E-state index contributed by atoms with van der Waals surface area (Å²) in [5.74, 6) is -6.69. The van der Waals surface area contributed by atoms with Crippen molar-refractivity contribution in [3.63, 3.8) is 0 Å². The van der Waals surface area contributed by atoms with E-state index in [4.69, 9.17) is 47.4 Å². The highest BCUT2D eigenvalue weighted by Gasteiger charge is 2.44. The van der Waals surface area contributed by atoms with Crippen LogP contribution < -0.4 is 41.7 Å². The van der Waals surface area contributed by atoms with Gasteiger partial charge in [-0.2, -0.15) is 0 Å². The summed E-state index contributed by atoms with van der Waals surface area (Å²) in [6.45, 7) is 8.61. The van der Waals surface area contributed by atoms with E-state index in [0.29, 0.717) is 51.6 Å². The van der Waals surface area contributed by atoms with E-state index in [1.54, 1.807) is 72.8 Å². The van der Waals surface area contributed by atoms with Crippen LogP contribution in [0.1, 0.15) is 72.1 Å². The van der Waals surface area contributed by atoms with Crippen LogP contribution in [0.3, 0.4) is 0 Å². The van der Waals surface area contributed by atoms with E-state index in [0.717, 1.165) is 45.5 Å². The molecule has 20 nitrogen and oxygen atoms in total. The second-order valence-electron chi connectivity index (χ2n) is 18.5. The van der Waals surface area contributed by atoms with E-state index in [2.05, 4.69) is 19.7 Å². The molecular formula is C59H50NO19S2+. The highest BCUT2D eigenvalue weighted by atomic mass is 32.2. The largest absolute Gasteiger partial charge is 0.457 e. The van der Waals surface area contributed by atoms with Gasteiger partial charge in [-0.1, -0.05) is 83.4 Å². The lowest BCUT2D eigenvalue weighted by Gasteiger charge is -2.26. The molecule has 3 aliphatic rings. The molecule has 416 valence electrons. The van der Waals surface area contributed by atoms with E-state index in [1.807, 2.05) is 0 Å². The van der Waals surface area contributed by atoms with Crippen molar-refractivity contribution in [3.05, 3.63) is 144 Å². The molecule has 0 atom stereocenters. The molecule has 22 heteroatoms. The van der Waals surface area contributed by atoms with E-state index in [9.17, 15) is 43.2 Å². The van der Waals surface area contributed by atoms with Gasteiger partial charge in [0, 0.05) is 35.1 Å². The van der Waals surface area contributed by atoms with Crippen LogP contribution in [0.4, 0.5) is 0 Å². The number of amides is 2. The second kappa shape index (κ2) is 25.7. The smallest absolute Gasteiger partial charge is 0.430 e. The Kier molecular flexibility index (Phi) is 17.9. The number of hydrogen-bond acceptors (Lipinski definition) is 21. The Morgan fingerprint density at radius 2 is 0.827 bits per heavy atom. The summed E-state index contributed by atoms with van der Waals surface area (Å²) in [6.07, 6.45) is 5.24. The molecular weight excluding hydrogens is 1090 g/mol. The first-order chi connectivity index (χ1) is 39.2. The average molecular weight is 1140 g/mol. The number of rotatable bonds is 20. The van der Waals surface area contributed by atoms with Gasteiger partial charge in [0.05, 0.1) is 33.1 Å². The number of carbonyl (C=O) groups is 9. The normalized spacial score (nSPS) is 17.4. The van der Waals surface area contributed by atoms with Crippen LogP contribution in [-0.4, -0.2) is 74.0 Å². The molecule has 0 unspecified atom stereocenters. The van der Waals surface area contributed by atoms with Crippen molar-refractivity contribution >= 4 is 96.4 Å². The third-order valence-electron chi connectivity index (χ3n) is 13.5. The maximum absolute atomic E-state index is 14.3. The first kappa shape index (κ1) is 56.4. The number of benzene rings is 5. The van der Waals surface area contributed by atoms with Gasteiger partial charge in [0.1, 0.15) is 28.4 Å². The lowest BCUT2D eigenvalue weighted by atomic mass is 9.82. The summed E-state index contributed by atoms with van der Waals surface area (Å²) in [6, 6.07) is 23.7. The minimum absolute atomic E-state index is 0.00514. The summed E-state index contributed by atoms with van der Waals surface area (Å²) < 4.78 is 57.0. The summed E-state index contributed by atoms with van der Waals surface area (Å²) in [7, 11) is 0. The zero-order valence-corrected chi connectivity index (χ0v) is 44.8. The van der Waals surface area contributed by atoms with Gasteiger partial charge in [0.25, 0.3) is 0 Å². The second-order valence-corrected chi connectivity index (χ2v) is 20.7. The van der Waals surface area contributed by atoms with Gasteiger partial charge in [-0.15, -0.1) is 0 Å². The van der Waals surface area contributed by atoms with Crippen molar-refractivity contribution in [2.24, 2.45) is 23.7 Å². The van der Waals surface area contributed by atoms with Gasteiger partial charge < -0.3 is 47.4 Å². The monoisotopic (exact) mass is 1140 g/mol. The molecule has 0 radical (unpaired) electrons. The fourth-order valence-corrected chi connectivity index (χ4v) is 11.9. The number of esters is 7. The van der Waals surface area contributed by atoms with Crippen LogP contribution in [0.15, 0.2) is 129 Å². The van der Waals surface area contributed by atoms with Crippen LogP contribution in [-0.2, 0) is 47.8 Å². The lowest BCUT2D eigenvalue weighted by molar-refractivity contribution is -0.146. The molecule has 0 saturated heterocycles. The minimum Gasteiger partial charge on any atom is -0.457 e. The molecule has 2 amide bonds. The third-order valence-corrected chi connectivity index (χ3v) is 16.0. The number of ether oxygens (including phenoxy) is 10. The van der Waals surface area contributed by atoms with Crippen molar-refractivity contribution in [3.8, 4) is 40.2 Å². The SMILES string of the molecule is C=CC(=O)OCOc1ccc(OC(=O)C2CCC(C(=O)Oc3c4ccccc4c(OC(=O)C4CCC(C(=O)Oc5ccc(OCOC(=O)C=C)c(OCOC(=O)C=C)c5)CC4)c4sc(=[N+]5C(=O)c6ccccc6C5=O)sc34)CC2)cc1. The van der Waals surface area contributed by atoms with Crippen molar-refractivity contribution < 1.29 is 90.5 Å². The molecule has 0 spiro atoms. The summed E-state index contributed by atoms with van der Waals surface area (Å²) in [5.41, 5.74) is 0.442. The highest BCUT2D eigenvalue weighted by molar-refractivity contribution is 7.36. The number of fused-ring (bicyclic) bond motifs is 3. The topological polar surface area (TPSA) is 249 Å². The average Bonchev–Trinajstić information content (AvgIpc) is 4.07. The zero-order chi connectivity index (χ0) is 57.2. The Balaban J connectivity index is 0.902. The molecule has 0 bridgehead atoms.